The number of hydrogen-bond acceptors (Lipinski definition) is 4. The number of piperidine rings is 1. The van der Waals surface area contributed by atoms with Gasteiger partial charge in [0.1, 0.15) is 0 Å². The minimum absolute atomic E-state index is 0.420. The first-order valence-corrected chi connectivity index (χ1v) is 19.4. The Balaban J connectivity index is 0.000000154. The normalized spacial score (nSPS) is 16.8. The minimum Gasteiger partial charge on any atom is -0.380 e. The van der Waals surface area contributed by atoms with Crippen molar-refractivity contribution in [3.05, 3.63) is 143 Å². The SMILES string of the molecule is CN1CCC(Nc2cc(Cl)cc3cc(-c4ccccc4)[nH]c23)CC1.Clc1cc(NC2CCN(Cc3ccccc3)C2)c2[nH]c(-c3ccccc3)cc2c1. The largest absolute Gasteiger partial charge is 0.380 e. The molecule has 5 aromatic carbocycles. The molecule has 9 rings (SSSR count). The van der Waals surface area contributed by atoms with Crippen LogP contribution in [0.3, 0.4) is 0 Å². The van der Waals surface area contributed by atoms with Crippen LogP contribution in [0.5, 0.6) is 0 Å². The van der Waals surface area contributed by atoms with Crippen LogP contribution < -0.4 is 10.6 Å². The van der Waals surface area contributed by atoms with Gasteiger partial charge in [0.2, 0.25) is 0 Å². The Morgan fingerprint density at radius 1 is 0.585 bits per heavy atom. The molecule has 0 radical (unpaired) electrons. The monoisotopic (exact) mass is 740 g/mol. The molecule has 7 aromatic rings. The molecule has 1 unspecified atom stereocenters. The standard InChI is InChI=1S/C25H24ClN3.C20H22ClN3/c26-21-13-20-14-23(19-9-5-2-6-10-19)28-25(20)24(15-21)27-22-11-12-29(17-22)16-18-7-3-1-4-8-18;1-24-9-7-17(8-10-24)22-19-13-16(21)11-15-12-18(23-20(15)19)14-5-3-2-4-6-14/h1-10,13-15,22,27-28H,11-12,16-17H2;2-6,11-13,17,22-23H,7-10H2,1H3. The van der Waals surface area contributed by atoms with Crippen LogP contribution in [-0.2, 0) is 6.54 Å². The summed E-state index contributed by atoms with van der Waals surface area (Å²) in [7, 11) is 2.19. The van der Waals surface area contributed by atoms with E-state index in [-0.39, 0.29) is 0 Å². The van der Waals surface area contributed by atoms with Crippen molar-refractivity contribution >= 4 is 56.4 Å². The number of halogens is 2. The molecular weight excluding hydrogens is 695 g/mol. The van der Waals surface area contributed by atoms with Gasteiger partial charge in [-0.15, -0.1) is 0 Å². The van der Waals surface area contributed by atoms with Crippen LogP contribution in [0.15, 0.2) is 127 Å². The maximum atomic E-state index is 6.44. The van der Waals surface area contributed by atoms with Crippen LogP contribution in [-0.4, -0.2) is 65.1 Å². The fraction of sp³-hybridized carbons (Fsp3) is 0.244. The van der Waals surface area contributed by atoms with E-state index in [0.29, 0.717) is 12.1 Å². The molecule has 6 nitrogen and oxygen atoms in total. The lowest BCUT2D eigenvalue weighted by Gasteiger charge is -2.30. The van der Waals surface area contributed by atoms with Crippen molar-refractivity contribution in [2.24, 2.45) is 0 Å². The van der Waals surface area contributed by atoms with E-state index in [4.69, 9.17) is 23.2 Å². The molecule has 2 fully saturated rings. The van der Waals surface area contributed by atoms with Crippen molar-refractivity contribution in [2.45, 2.75) is 37.9 Å². The Hall–Kier alpha value is -4.72. The van der Waals surface area contributed by atoms with Gasteiger partial charge in [-0.2, -0.15) is 0 Å². The van der Waals surface area contributed by atoms with Gasteiger partial charge in [0.25, 0.3) is 0 Å². The Labute approximate surface area is 322 Å². The summed E-state index contributed by atoms with van der Waals surface area (Å²) in [4.78, 5) is 12.1. The predicted octanol–water partition coefficient (Wildman–Crippen LogP) is 11.2. The van der Waals surface area contributed by atoms with Gasteiger partial charge < -0.3 is 25.5 Å². The molecule has 4 N–H and O–H groups in total. The highest BCUT2D eigenvalue weighted by molar-refractivity contribution is 6.32. The number of benzene rings is 5. The van der Waals surface area contributed by atoms with Gasteiger partial charge in [-0.1, -0.05) is 114 Å². The van der Waals surface area contributed by atoms with Gasteiger partial charge in [0.15, 0.2) is 0 Å². The number of nitrogens with one attached hydrogen (secondary N) is 4. The molecule has 2 saturated heterocycles. The van der Waals surface area contributed by atoms with Crippen LogP contribution in [0.25, 0.3) is 44.3 Å². The van der Waals surface area contributed by atoms with E-state index in [1.807, 2.05) is 36.4 Å². The van der Waals surface area contributed by atoms with Gasteiger partial charge >= 0.3 is 0 Å². The maximum Gasteiger partial charge on any atom is 0.0695 e. The molecular formula is C45H46Cl2N6. The zero-order valence-corrected chi connectivity index (χ0v) is 31.6. The summed E-state index contributed by atoms with van der Waals surface area (Å²) in [6.45, 7) is 5.43. The number of rotatable bonds is 8. The van der Waals surface area contributed by atoms with Crippen molar-refractivity contribution in [1.82, 2.24) is 19.8 Å². The maximum absolute atomic E-state index is 6.44. The molecule has 270 valence electrons. The molecule has 2 aliphatic heterocycles. The number of likely N-dealkylation sites (tertiary alicyclic amines) is 2. The first-order chi connectivity index (χ1) is 25.9. The molecule has 53 heavy (non-hydrogen) atoms. The van der Waals surface area contributed by atoms with Gasteiger partial charge in [-0.25, -0.2) is 0 Å². The fourth-order valence-corrected chi connectivity index (χ4v) is 8.17. The number of fused-ring (bicyclic) bond motifs is 2. The highest BCUT2D eigenvalue weighted by atomic mass is 35.5. The molecule has 2 aromatic heterocycles. The summed E-state index contributed by atoms with van der Waals surface area (Å²) in [6.07, 6.45) is 3.46. The number of aromatic nitrogens is 2. The highest BCUT2D eigenvalue weighted by Gasteiger charge is 2.23. The molecule has 1 atom stereocenters. The summed E-state index contributed by atoms with van der Waals surface area (Å²) < 4.78 is 0. The second kappa shape index (κ2) is 16.1. The van der Waals surface area contributed by atoms with Gasteiger partial charge in [0.05, 0.1) is 22.4 Å². The average molecular weight is 742 g/mol. The Bertz CT molecular complexity index is 2260. The lowest BCUT2D eigenvalue weighted by molar-refractivity contribution is 0.264. The fourth-order valence-electron chi connectivity index (χ4n) is 7.72. The van der Waals surface area contributed by atoms with E-state index in [1.54, 1.807) is 0 Å². The molecule has 4 heterocycles. The summed E-state index contributed by atoms with van der Waals surface area (Å²) >= 11 is 12.8. The topological polar surface area (TPSA) is 62.1 Å². The van der Waals surface area contributed by atoms with Gasteiger partial charge in [-0.05, 0) is 92.5 Å². The molecule has 2 aliphatic rings. The smallest absolute Gasteiger partial charge is 0.0695 e. The van der Waals surface area contributed by atoms with Crippen LogP contribution in [0.1, 0.15) is 24.8 Å². The number of aromatic amines is 2. The summed E-state index contributed by atoms with van der Waals surface area (Å²) in [5.74, 6) is 0. The van der Waals surface area contributed by atoms with Crippen molar-refractivity contribution < 1.29 is 0 Å². The van der Waals surface area contributed by atoms with Crippen molar-refractivity contribution in [3.63, 3.8) is 0 Å². The van der Waals surface area contributed by atoms with Crippen LogP contribution in [0, 0.1) is 0 Å². The van der Waals surface area contributed by atoms with Crippen molar-refractivity contribution in [2.75, 3.05) is 43.9 Å². The summed E-state index contributed by atoms with van der Waals surface area (Å²) in [5, 5.41) is 11.3. The zero-order chi connectivity index (χ0) is 36.1. The Morgan fingerprint density at radius 3 is 1.58 bits per heavy atom. The summed E-state index contributed by atoms with van der Waals surface area (Å²) in [6, 6.07) is 44.9. The van der Waals surface area contributed by atoms with Crippen molar-refractivity contribution in [3.8, 4) is 22.5 Å². The Morgan fingerprint density at radius 2 is 1.06 bits per heavy atom. The molecule has 0 spiro atoms. The van der Waals surface area contributed by atoms with Crippen LogP contribution in [0.2, 0.25) is 10.0 Å². The first-order valence-electron chi connectivity index (χ1n) is 18.7. The number of anilines is 2. The van der Waals surface area contributed by atoms with E-state index in [9.17, 15) is 0 Å². The van der Waals surface area contributed by atoms with E-state index in [0.717, 1.165) is 107 Å². The third-order valence-electron chi connectivity index (χ3n) is 10.5. The van der Waals surface area contributed by atoms with E-state index < -0.39 is 0 Å². The number of H-pyrrole nitrogens is 2. The van der Waals surface area contributed by atoms with E-state index in [2.05, 4.69) is 128 Å². The van der Waals surface area contributed by atoms with Crippen molar-refractivity contribution in [1.29, 1.82) is 0 Å². The lowest BCUT2D eigenvalue weighted by Crippen LogP contribution is -2.36. The third kappa shape index (κ3) is 8.58. The predicted molar refractivity (Wildman–Crippen MR) is 225 cm³/mol. The molecule has 0 amide bonds. The minimum atomic E-state index is 0.420. The molecule has 0 bridgehead atoms. The summed E-state index contributed by atoms with van der Waals surface area (Å²) in [5.41, 5.74) is 10.4. The molecule has 0 aliphatic carbocycles. The van der Waals surface area contributed by atoms with Gasteiger partial charge in [-0.3, -0.25) is 4.90 Å². The van der Waals surface area contributed by atoms with Gasteiger partial charge in [0, 0.05) is 63.9 Å². The Kier molecular flexibility index (Phi) is 10.7. The number of hydrogen-bond donors (Lipinski definition) is 4. The highest BCUT2D eigenvalue weighted by Crippen LogP contribution is 2.34. The van der Waals surface area contributed by atoms with E-state index in [1.165, 1.54) is 16.7 Å². The third-order valence-corrected chi connectivity index (χ3v) is 11.0. The van der Waals surface area contributed by atoms with Crippen LogP contribution in [0.4, 0.5) is 11.4 Å². The first kappa shape index (κ1) is 35.3. The second-order valence-electron chi connectivity index (χ2n) is 14.5. The molecule has 8 heteroatoms. The average Bonchev–Trinajstić information content (AvgIpc) is 3.93. The quantitative estimate of drug-likeness (QED) is 0.125. The second-order valence-corrected chi connectivity index (χ2v) is 15.4. The zero-order valence-electron chi connectivity index (χ0n) is 30.1. The lowest BCUT2D eigenvalue weighted by atomic mass is 10.0. The molecule has 0 saturated carbocycles. The van der Waals surface area contributed by atoms with Crippen LogP contribution >= 0.6 is 23.2 Å². The number of nitrogens with zero attached hydrogens (tertiary/aromatic N) is 2. The van der Waals surface area contributed by atoms with E-state index >= 15 is 0 Å².